The average molecular weight is 547 g/mol. The van der Waals surface area contributed by atoms with Crippen molar-refractivity contribution in [1.82, 2.24) is 19.9 Å². The largest absolute Gasteiger partial charge is 0.481 e. The molecule has 41 heavy (non-hydrogen) atoms. The van der Waals surface area contributed by atoms with E-state index in [-0.39, 0.29) is 6.42 Å². The van der Waals surface area contributed by atoms with E-state index in [1.165, 1.54) is 0 Å². The predicted molar refractivity (Wildman–Crippen MR) is 168 cm³/mol. The van der Waals surface area contributed by atoms with Gasteiger partial charge in [-0.2, -0.15) is 0 Å². The van der Waals surface area contributed by atoms with Gasteiger partial charge in [0, 0.05) is 46.0 Å². The van der Waals surface area contributed by atoms with Crippen LogP contribution in [0.15, 0.2) is 37.4 Å². The van der Waals surface area contributed by atoms with Crippen LogP contribution in [0.3, 0.4) is 0 Å². The molecule has 5 heterocycles. The fourth-order valence-corrected chi connectivity index (χ4v) is 5.74. The molecule has 5 rings (SSSR count). The molecule has 0 spiro atoms. The highest BCUT2D eigenvalue weighted by Crippen LogP contribution is 2.38. The normalized spacial score (nSPS) is 13.1. The average Bonchev–Trinajstić information content (AvgIpc) is 3.59. The maximum absolute atomic E-state index is 11.5. The zero-order chi connectivity index (χ0) is 29.4. The first-order valence-corrected chi connectivity index (χ1v) is 13.7. The lowest BCUT2D eigenvalue weighted by atomic mass is 9.98. The third-order valence-corrected chi connectivity index (χ3v) is 8.14. The topological polar surface area (TPSA) is 112 Å². The van der Waals surface area contributed by atoms with Gasteiger partial charge in [0.2, 0.25) is 0 Å². The minimum atomic E-state index is -0.860. The summed E-state index contributed by atoms with van der Waals surface area (Å²) in [7, 11) is 0. The van der Waals surface area contributed by atoms with Crippen molar-refractivity contribution in [2.24, 2.45) is 0 Å². The van der Waals surface area contributed by atoms with Gasteiger partial charge in [-0.3, -0.25) is 4.79 Å². The lowest BCUT2D eigenvalue weighted by Crippen LogP contribution is -1.95. The maximum atomic E-state index is 11.5. The molecule has 2 aliphatic heterocycles. The van der Waals surface area contributed by atoms with Crippen LogP contribution in [-0.4, -0.2) is 37.3 Å². The van der Waals surface area contributed by atoms with Gasteiger partial charge in [0.05, 0.1) is 22.8 Å². The molecular weight excluding hydrogens is 512 g/mol. The Morgan fingerprint density at radius 2 is 1.24 bits per heavy atom. The third kappa shape index (κ3) is 4.99. The minimum absolute atomic E-state index is 0.00280. The Hall–Kier alpha value is -4.78. The lowest BCUT2D eigenvalue weighted by Gasteiger charge is -2.04. The van der Waals surface area contributed by atoms with Gasteiger partial charge in [-0.25, -0.2) is 9.97 Å². The summed E-state index contributed by atoms with van der Waals surface area (Å²) < 4.78 is 0. The van der Waals surface area contributed by atoms with Crippen LogP contribution in [-0.2, 0) is 9.59 Å². The van der Waals surface area contributed by atoms with Gasteiger partial charge in [-0.05, 0) is 98.2 Å². The summed E-state index contributed by atoms with van der Waals surface area (Å²) >= 11 is 0. The molecule has 3 aromatic rings. The summed E-state index contributed by atoms with van der Waals surface area (Å²) in [6.07, 6.45) is 5.90. The molecule has 0 atom stereocenters. The Morgan fingerprint density at radius 3 is 1.76 bits per heavy atom. The monoisotopic (exact) mass is 546 g/mol. The Balaban J connectivity index is 1.94. The molecule has 2 aliphatic rings. The van der Waals surface area contributed by atoms with E-state index in [0.29, 0.717) is 25.0 Å². The summed E-state index contributed by atoms with van der Waals surface area (Å²) in [5.74, 6) is -0.860. The minimum Gasteiger partial charge on any atom is -0.481 e. The van der Waals surface area contributed by atoms with E-state index < -0.39 is 5.97 Å². The van der Waals surface area contributed by atoms with Crippen LogP contribution in [0.1, 0.15) is 84.6 Å². The number of carboxylic acids is 1. The molecule has 0 fully saturated rings. The number of carboxylic acid groups (broad SMARTS) is 1. The number of H-pyrrole nitrogens is 2. The number of rotatable bonds is 8. The molecule has 0 radical (unpaired) electrons. The first-order valence-electron chi connectivity index (χ1n) is 13.7. The fraction of sp³-hybridized carbons (Fsp3) is 0.235. The highest BCUT2D eigenvalue weighted by molar-refractivity contribution is 5.97. The summed E-state index contributed by atoms with van der Waals surface area (Å²) in [6, 6.07) is 8.06. The molecule has 8 bridgehead atoms. The number of aromatic amines is 2. The SMILES string of the molecule is C=Cc1c(C)c2cc3[nH]c(cc4nc(cc5nc(cc1[nH]2)C(C)=C5CCC=O)C(CCC(=O)O)=C4C)c(C)c3C=C. The number of aldehydes is 1. The molecular formula is C34H34N4O3. The Labute approximate surface area is 239 Å². The number of allylic oxidation sites excluding steroid dienone is 4. The molecule has 0 saturated heterocycles. The van der Waals surface area contributed by atoms with Crippen molar-refractivity contribution in [1.29, 1.82) is 0 Å². The molecule has 0 unspecified atom stereocenters. The van der Waals surface area contributed by atoms with E-state index in [1.807, 2.05) is 44.2 Å². The molecule has 7 heteroatoms. The van der Waals surface area contributed by atoms with Gasteiger partial charge in [0.1, 0.15) is 6.29 Å². The lowest BCUT2D eigenvalue weighted by molar-refractivity contribution is -0.136. The van der Waals surface area contributed by atoms with Crippen molar-refractivity contribution in [2.75, 3.05) is 0 Å². The van der Waals surface area contributed by atoms with Crippen LogP contribution in [0, 0.1) is 13.8 Å². The van der Waals surface area contributed by atoms with Crippen molar-refractivity contribution in [2.45, 2.75) is 53.4 Å². The van der Waals surface area contributed by atoms with Gasteiger partial charge in [-0.15, -0.1) is 0 Å². The molecule has 0 aromatic carbocycles. The van der Waals surface area contributed by atoms with E-state index in [9.17, 15) is 14.7 Å². The summed E-state index contributed by atoms with van der Waals surface area (Å²) in [6.45, 7) is 16.2. The number of hydrogen-bond acceptors (Lipinski definition) is 4. The van der Waals surface area contributed by atoms with Gasteiger partial charge in [0.15, 0.2) is 0 Å². The van der Waals surface area contributed by atoms with E-state index in [0.717, 1.165) is 90.0 Å². The Bertz CT molecular complexity index is 1860. The number of hydrogen-bond donors (Lipinski definition) is 3. The quantitative estimate of drug-likeness (QED) is 0.248. The molecule has 0 amide bonds. The number of nitrogens with one attached hydrogen (secondary N) is 2. The number of aryl methyl sites for hydroxylation is 2. The van der Waals surface area contributed by atoms with Crippen LogP contribution in [0.2, 0.25) is 0 Å². The van der Waals surface area contributed by atoms with Crippen molar-refractivity contribution < 1.29 is 14.7 Å². The van der Waals surface area contributed by atoms with Crippen molar-refractivity contribution in [3.05, 3.63) is 82.5 Å². The zero-order valence-electron chi connectivity index (χ0n) is 23.9. The molecule has 7 nitrogen and oxygen atoms in total. The van der Waals surface area contributed by atoms with Gasteiger partial charge in [-0.1, -0.05) is 25.3 Å². The highest BCUT2D eigenvalue weighted by atomic mass is 16.4. The number of aromatic nitrogens is 4. The molecule has 3 aromatic heterocycles. The van der Waals surface area contributed by atoms with Crippen LogP contribution >= 0.6 is 0 Å². The number of nitrogens with zero attached hydrogens (tertiary/aromatic N) is 2. The zero-order valence-corrected chi connectivity index (χ0v) is 23.9. The number of fused-ring (bicyclic) bond motifs is 8. The van der Waals surface area contributed by atoms with E-state index >= 15 is 0 Å². The fourth-order valence-electron chi connectivity index (χ4n) is 5.74. The van der Waals surface area contributed by atoms with Gasteiger partial charge >= 0.3 is 5.97 Å². The molecule has 0 aliphatic carbocycles. The van der Waals surface area contributed by atoms with Crippen LogP contribution in [0.5, 0.6) is 0 Å². The van der Waals surface area contributed by atoms with Gasteiger partial charge in [0.25, 0.3) is 0 Å². The second-order valence-corrected chi connectivity index (χ2v) is 10.5. The molecule has 0 saturated carbocycles. The van der Waals surface area contributed by atoms with E-state index in [1.54, 1.807) is 0 Å². The van der Waals surface area contributed by atoms with Crippen LogP contribution < -0.4 is 0 Å². The number of aliphatic carboxylic acids is 1. The van der Waals surface area contributed by atoms with Crippen LogP contribution in [0.4, 0.5) is 0 Å². The molecule has 3 N–H and O–H groups in total. The first kappa shape index (κ1) is 27.8. The van der Waals surface area contributed by atoms with Crippen molar-refractivity contribution >= 4 is 68.8 Å². The smallest absolute Gasteiger partial charge is 0.303 e. The van der Waals surface area contributed by atoms with E-state index in [4.69, 9.17) is 9.97 Å². The maximum Gasteiger partial charge on any atom is 0.303 e. The number of carbonyl (C=O) groups excluding carboxylic acids is 1. The third-order valence-electron chi connectivity index (χ3n) is 8.14. The standard InChI is InChI=1S/C34H34N4O3/c1-7-22-18(3)26-14-27-21(6)25(11-12-34(40)41)33(37-27)17-32-24(10-9-13-39)20(5)29(38-32)16-31-23(8-2)19(4)28(36-31)15-30(22)35-26/h7-8,13-17,35-36H,1-2,9-12H2,3-6H3,(H,40,41). The van der Waals surface area contributed by atoms with Crippen molar-refractivity contribution in [3.63, 3.8) is 0 Å². The van der Waals surface area contributed by atoms with Gasteiger partial charge < -0.3 is 19.9 Å². The summed E-state index contributed by atoms with van der Waals surface area (Å²) in [4.78, 5) is 40.0. The Morgan fingerprint density at radius 1 is 0.756 bits per heavy atom. The summed E-state index contributed by atoms with van der Waals surface area (Å²) in [5, 5.41) is 9.44. The number of carbonyl (C=O) groups is 2. The van der Waals surface area contributed by atoms with Crippen LogP contribution in [0.25, 0.3) is 56.5 Å². The second-order valence-electron chi connectivity index (χ2n) is 10.5. The molecule has 208 valence electrons. The Kier molecular flexibility index (Phi) is 7.45. The second kappa shape index (κ2) is 11.0. The van der Waals surface area contributed by atoms with E-state index in [2.05, 4.69) is 43.0 Å². The van der Waals surface area contributed by atoms with Crippen molar-refractivity contribution in [3.8, 4) is 0 Å². The highest BCUT2D eigenvalue weighted by Gasteiger charge is 2.22. The predicted octanol–water partition coefficient (Wildman–Crippen LogP) is 7.92. The summed E-state index contributed by atoms with van der Waals surface area (Å²) in [5.41, 5.74) is 14.6. The first-order chi connectivity index (χ1) is 19.7.